The van der Waals surface area contributed by atoms with Crippen LogP contribution < -0.4 is 15.2 Å². The third-order valence-corrected chi connectivity index (χ3v) is 8.43. The summed E-state index contributed by atoms with van der Waals surface area (Å²) in [5, 5.41) is 0.981. The van der Waals surface area contributed by atoms with Crippen molar-refractivity contribution in [2.75, 3.05) is 34.4 Å². The lowest BCUT2D eigenvalue weighted by atomic mass is 9.82. The third kappa shape index (κ3) is 4.91. The van der Waals surface area contributed by atoms with Gasteiger partial charge in [0.15, 0.2) is 5.82 Å². The highest BCUT2D eigenvalue weighted by Gasteiger charge is 2.33. The number of aryl methyl sites for hydroxylation is 1. The quantitative estimate of drug-likeness (QED) is 0.344. The molecule has 1 aromatic carbocycles. The predicted molar refractivity (Wildman–Crippen MR) is 154 cm³/mol. The molecule has 1 saturated heterocycles. The van der Waals surface area contributed by atoms with Crippen LogP contribution in [0, 0.1) is 5.92 Å². The second kappa shape index (κ2) is 10.9. The van der Waals surface area contributed by atoms with E-state index in [-0.39, 0.29) is 31.0 Å². The summed E-state index contributed by atoms with van der Waals surface area (Å²) >= 11 is 0. The number of piperidine rings is 1. The zero-order chi connectivity index (χ0) is 28.8. The zero-order valence-electron chi connectivity index (χ0n) is 24.0. The van der Waals surface area contributed by atoms with Crippen molar-refractivity contribution in [2.24, 2.45) is 11.7 Å². The van der Waals surface area contributed by atoms with E-state index in [1.54, 1.807) is 33.5 Å². The molecule has 218 valence electrons. The second-order valence-corrected chi connectivity index (χ2v) is 11.1. The van der Waals surface area contributed by atoms with Crippen LogP contribution in [0.3, 0.4) is 0 Å². The zero-order valence-corrected chi connectivity index (χ0v) is 24.0. The van der Waals surface area contributed by atoms with Gasteiger partial charge in [0.25, 0.3) is 5.91 Å². The van der Waals surface area contributed by atoms with Crippen LogP contribution in [0.15, 0.2) is 30.3 Å². The molecule has 0 bridgehead atoms. The number of nitrogens with zero attached hydrogens (tertiary/aromatic N) is 5. The number of nitrogens with two attached hydrogens (primary N) is 1. The van der Waals surface area contributed by atoms with Crippen molar-refractivity contribution < 1.29 is 23.4 Å². The van der Waals surface area contributed by atoms with Crippen LogP contribution >= 0.6 is 0 Å². The van der Waals surface area contributed by atoms with Gasteiger partial charge in [0.05, 0.1) is 38.1 Å². The van der Waals surface area contributed by atoms with Gasteiger partial charge in [-0.15, -0.1) is 0 Å². The summed E-state index contributed by atoms with van der Waals surface area (Å²) in [4.78, 5) is 24.8. The Bertz CT molecular complexity index is 1580. The number of benzene rings is 1. The van der Waals surface area contributed by atoms with E-state index in [0.29, 0.717) is 41.7 Å². The molecule has 0 radical (unpaired) electrons. The maximum Gasteiger partial charge on any atom is 0.254 e. The van der Waals surface area contributed by atoms with Crippen LogP contribution in [-0.2, 0) is 17.8 Å². The van der Waals surface area contributed by atoms with Crippen molar-refractivity contribution in [1.82, 2.24) is 24.0 Å². The Balaban J connectivity index is 1.50. The van der Waals surface area contributed by atoms with Crippen molar-refractivity contribution in [1.29, 1.82) is 0 Å². The van der Waals surface area contributed by atoms with Crippen LogP contribution in [0.4, 0.5) is 4.39 Å². The molecule has 0 spiro atoms. The van der Waals surface area contributed by atoms with Crippen LogP contribution in [0.1, 0.15) is 36.5 Å². The van der Waals surface area contributed by atoms with E-state index in [4.69, 9.17) is 29.9 Å². The molecule has 2 fully saturated rings. The van der Waals surface area contributed by atoms with E-state index >= 15 is 0 Å². The largest absolute Gasteiger partial charge is 0.494 e. The van der Waals surface area contributed by atoms with E-state index in [9.17, 15) is 9.18 Å². The molecule has 11 heteroatoms. The number of hydrogen-bond acceptors (Lipinski definition) is 7. The lowest BCUT2D eigenvalue weighted by Crippen LogP contribution is -2.50. The maximum atomic E-state index is 14.3. The van der Waals surface area contributed by atoms with Gasteiger partial charge in [0.2, 0.25) is 5.88 Å². The number of carbonyl (C=O) groups excluding carboxylic acids is 1. The molecule has 1 saturated carbocycles. The third-order valence-electron chi connectivity index (χ3n) is 8.43. The number of rotatable bonds is 8. The molecule has 41 heavy (non-hydrogen) atoms. The molecule has 2 aliphatic rings. The molecule has 0 unspecified atom stereocenters. The van der Waals surface area contributed by atoms with E-state index < -0.39 is 6.17 Å². The number of ether oxygens (including phenoxy) is 3. The van der Waals surface area contributed by atoms with Gasteiger partial charge in [-0.1, -0.05) is 0 Å². The Morgan fingerprint density at radius 1 is 1.05 bits per heavy atom. The Labute approximate surface area is 238 Å². The first kappa shape index (κ1) is 27.5. The number of alkyl halides is 1. The predicted octanol–water partition coefficient (Wildman–Crippen LogP) is 4.03. The van der Waals surface area contributed by atoms with Crippen molar-refractivity contribution in [2.45, 2.75) is 57.6 Å². The number of fused-ring (bicyclic) bond motifs is 2. The monoisotopic (exact) mass is 564 g/mol. The molecule has 2 atom stereocenters. The van der Waals surface area contributed by atoms with Crippen LogP contribution in [0.5, 0.6) is 11.6 Å². The fraction of sp³-hybridized carbons (Fsp3) is 0.500. The first-order valence-corrected chi connectivity index (χ1v) is 14.2. The van der Waals surface area contributed by atoms with Crippen LogP contribution in [0.2, 0.25) is 0 Å². The minimum absolute atomic E-state index is 0.0298. The standard InChI is InChI=1S/C30H37FN6O4/c1-5-36-24(11-18-6-7-26(41-4)34-28(18)36)29-33-23-10-19(30(38)35-15-20(31)13-21(32)16-35)12-25(40-3)27(23)37(29)14-17-8-22(9-17)39-2/h6-7,10-12,17,20-22H,5,8-9,13-16,32H2,1-4H3/t17-,20-,21-,22+/m1/s1. The van der Waals surface area contributed by atoms with Gasteiger partial charge in [-0.3, -0.25) is 4.79 Å². The lowest BCUT2D eigenvalue weighted by molar-refractivity contribution is -0.00392. The summed E-state index contributed by atoms with van der Waals surface area (Å²) in [6.45, 7) is 3.82. The fourth-order valence-electron chi connectivity index (χ4n) is 6.31. The topological polar surface area (TPSA) is 110 Å². The number of amides is 1. The molecule has 3 aromatic heterocycles. The summed E-state index contributed by atoms with van der Waals surface area (Å²) in [6, 6.07) is 9.08. The first-order chi connectivity index (χ1) is 19.8. The van der Waals surface area contributed by atoms with E-state index in [1.165, 1.54) is 4.90 Å². The summed E-state index contributed by atoms with van der Waals surface area (Å²) in [7, 11) is 4.95. The molecule has 4 heterocycles. The van der Waals surface area contributed by atoms with Gasteiger partial charge in [-0.25, -0.2) is 9.37 Å². The van der Waals surface area contributed by atoms with Gasteiger partial charge < -0.3 is 34.0 Å². The SMILES string of the molecule is CCn1c(-c2nc3cc(C(=O)N4C[C@H](N)C[C@@H](F)C4)cc(OC)c3n2C[C@H]2C[C@@H](OC)C2)cc2ccc(OC)nc21. The number of aromatic nitrogens is 4. The highest BCUT2D eigenvalue weighted by atomic mass is 19.1. The van der Waals surface area contributed by atoms with Crippen molar-refractivity contribution in [3.8, 4) is 23.1 Å². The molecule has 1 amide bonds. The maximum absolute atomic E-state index is 14.3. The Hall–Kier alpha value is -3.70. The van der Waals surface area contributed by atoms with Gasteiger partial charge in [-0.2, -0.15) is 4.98 Å². The number of hydrogen-bond donors (Lipinski definition) is 1. The number of likely N-dealkylation sites (tertiary alicyclic amines) is 1. The van der Waals surface area contributed by atoms with Gasteiger partial charge >= 0.3 is 0 Å². The average Bonchev–Trinajstić information content (AvgIpc) is 3.50. The van der Waals surface area contributed by atoms with Crippen molar-refractivity contribution in [3.63, 3.8) is 0 Å². The second-order valence-electron chi connectivity index (χ2n) is 11.1. The molecule has 6 rings (SSSR count). The van der Waals surface area contributed by atoms with Crippen molar-refractivity contribution in [3.05, 3.63) is 35.9 Å². The highest BCUT2D eigenvalue weighted by Crippen LogP contribution is 2.39. The minimum Gasteiger partial charge on any atom is -0.494 e. The summed E-state index contributed by atoms with van der Waals surface area (Å²) in [5.41, 5.74) is 9.62. The summed E-state index contributed by atoms with van der Waals surface area (Å²) < 4.78 is 35.4. The Kier molecular flexibility index (Phi) is 7.33. The van der Waals surface area contributed by atoms with E-state index in [2.05, 4.69) is 22.1 Å². The van der Waals surface area contributed by atoms with E-state index in [0.717, 1.165) is 47.5 Å². The smallest absolute Gasteiger partial charge is 0.254 e. The summed E-state index contributed by atoms with van der Waals surface area (Å²) in [6.07, 6.45) is 1.31. The number of methoxy groups -OCH3 is 3. The normalized spacial score (nSPS) is 22.7. The first-order valence-electron chi connectivity index (χ1n) is 14.2. The van der Waals surface area contributed by atoms with Crippen molar-refractivity contribution >= 4 is 28.0 Å². The molecule has 1 aliphatic heterocycles. The molecular weight excluding hydrogens is 527 g/mol. The Morgan fingerprint density at radius 3 is 2.54 bits per heavy atom. The number of pyridine rings is 1. The molecule has 10 nitrogen and oxygen atoms in total. The van der Waals surface area contributed by atoms with E-state index in [1.807, 2.05) is 12.1 Å². The molecule has 4 aromatic rings. The van der Waals surface area contributed by atoms with Crippen LogP contribution in [0.25, 0.3) is 33.6 Å². The van der Waals surface area contributed by atoms with Gasteiger partial charge in [0.1, 0.15) is 23.1 Å². The highest BCUT2D eigenvalue weighted by molar-refractivity contribution is 6.00. The van der Waals surface area contributed by atoms with Gasteiger partial charge in [0, 0.05) is 49.8 Å². The molecule has 2 N–H and O–H groups in total. The fourth-order valence-corrected chi connectivity index (χ4v) is 6.31. The number of imidazole rings is 1. The molecular formula is C30H37FN6O4. The molecule has 1 aliphatic carbocycles. The van der Waals surface area contributed by atoms with Crippen LogP contribution in [-0.4, -0.2) is 82.6 Å². The average molecular weight is 565 g/mol. The minimum atomic E-state index is -1.14. The van der Waals surface area contributed by atoms with Gasteiger partial charge in [-0.05, 0) is 56.4 Å². The number of carbonyl (C=O) groups is 1. The Morgan fingerprint density at radius 2 is 1.85 bits per heavy atom. The summed E-state index contributed by atoms with van der Waals surface area (Å²) in [5.74, 6) is 2.00. The number of halogens is 1. The lowest BCUT2D eigenvalue weighted by Gasteiger charge is -2.35.